The molecular weight excluding hydrogens is 382 g/mol. The van der Waals surface area contributed by atoms with Crippen molar-refractivity contribution in [2.24, 2.45) is 0 Å². The number of rotatable bonds is 7. The predicted octanol–water partition coefficient (Wildman–Crippen LogP) is 3.90. The zero-order chi connectivity index (χ0) is 19.5. The van der Waals surface area contributed by atoms with Gasteiger partial charge in [-0.15, -0.1) is 15.3 Å². The number of hydrogen-bond acceptors (Lipinski definition) is 6. The Morgan fingerprint density at radius 3 is 2.79 bits per heavy atom. The van der Waals surface area contributed by atoms with Crippen LogP contribution in [0.15, 0.2) is 71.7 Å². The Hall–Kier alpha value is -3.52. The van der Waals surface area contributed by atoms with E-state index in [1.165, 1.54) is 5.56 Å². The maximum absolute atomic E-state index is 4.66. The molecule has 0 radical (unpaired) electrons. The van der Waals surface area contributed by atoms with Crippen LogP contribution in [0.5, 0.6) is 0 Å². The summed E-state index contributed by atoms with van der Waals surface area (Å²) in [6.45, 7) is 1.48. The minimum atomic E-state index is 0.593. The molecule has 0 saturated carbocycles. The minimum Gasteiger partial charge on any atom is -0.361 e. The first kappa shape index (κ1) is 17.6. The molecule has 5 aromatic rings. The van der Waals surface area contributed by atoms with E-state index in [1.807, 2.05) is 47.4 Å². The molecule has 0 saturated heterocycles. The van der Waals surface area contributed by atoms with Crippen molar-refractivity contribution < 1.29 is 0 Å². The van der Waals surface area contributed by atoms with Crippen LogP contribution < -0.4 is 5.32 Å². The Balaban J connectivity index is 1.30. The lowest BCUT2D eigenvalue weighted by Gasteiger charge is -2.10. The summed E-state index contributed by atoms with van der Waals surface area (Å²) in [6.07, 6.45) is 4.83. The highest BCUT2D eigenvalue weighted by atomic mass is 32.1. The topological polar surface area (TPSA) is 72.9 Å². The van der Waals surface area contributed by atoms with Gasteiger partial charge in [-0.2, -0.15) is 15.9 Å². The highest BCUT2D eigenvalue weighted by Gasteiger charge is 2.11. The quantitative estimate of drug-likeness (QED) is 0.448. The molecule has 29 heavy (non-hydrogen) atoms. The van der Waals surface area contributed by atoms with Gasteiger partial charge in [-0.25, -0.2) is 4.98 Å². The molecule has 0 aliphatic rings. The largest absolute Gasteiger partial charge is 0.361 e. The van der Waals surface area contributed by atoms with E-state index in [-0.39, 0.29) is 0 Å². The van der Waals surface area contributed by atoms with Crippen LogP contribution in [0.4, 0.5) is 5.82 Å². The number of nitrogens with zero attached hydrogens (tertiary/aromatic N) is 6. The van der Waals surface area contributed by atoms with Crippen molar-refractivity contribution in [3.63, 3.8) is 0 Å². The van der Waals surface area contributed by atoms with E-state index in [2.05, 4.69) is 54.4 Å². The van der Waals surface area contributed by atoms with E-state index < -0.39 is 0 Å². The van der Waals surface area contributed by atoms with Crippen LogP contribution in [0.25, 0.3) is 17.0 Å². The highest BCUT2D eigenvalue weighted by Crippen LogP contribution is 2.21. The summed E-state index contributed by atoms with van der Waals surface area (Å²) in [5.74, 6) is 2.48. The molecule has 7 nitrogen and oxygen atoms in total. The second-order valence-electron chi connectivity index (χ2n) is 6.65. The first-order chi connectivity index (χ1) is 14.4. The number of imidazole rings is 1. The molecule has 4 aromatic heterocycles. The predicted molar refractivity (Wildman–Crippen MR) is 114 cm³/mol. The Labute approximate surface area is 171 Å². The van der Waals surface area contributed by atoms with Gasteiger partial charge in [0.15, 0.2) is 11.5 Å². The van der Waals surface area contributed by atoms with Gasteiger partial charge in [0.1, 0.15) is 11.6 Å². The smallest absolute Gasteiger partial charge is 0.186 e. The SMILES string of the molecule is c1ccc(CCn2ccnc2CNc2ccc3nnc(-c4ccsc4)n3n2)cc1. The van der Waals surface area contributed by atoms with Gasteiger partial charge in [-0.05, 0) is 35.6 Å². The van der Waals surface area contributed by atoms with Gasteiger partial charge >= 0.3 is 0 Å². The van der Waals surface area contributed by atoms with Gasteiger partial charge in [0, 0.05) is 29.9 Å². The van der Waals surface area contributed by atoms with Crippen LogP contribution in [0, 0.1) is 0 Å². The average Bonchev–Trinajstić information content (AvgIpc) is 3.51. The lowest BCUT2D eigenvalue weighted by atomic mass is 10.1. The summed E-state index contributed by atoms with van der Waals surface area (Å²) in [7, 11) is 0. The average molecular weight is 401 g/mol. The summed E-state index contributed by atoms with van der Waals surface area (Å²) >= 11 is 1.63. The Morgan fingerprint density at radius 2 is 1.93 bits per heavy atom. The van der Waals surface area contributed by atoms with Crippen molar-refractivity contribution >= 4 is 22.8 Å². The Bertz CT molecular complexity index is 1210. The molecule has 4 heterocycles. The third-order valence-electron chi connectivity index (χ3n) is 4.76. The fourth-order valence-electron chi connectivity index (χ4n) is 3.23. The maximum atomic E-state index is 4.66. The molecule has 5 rings (SSSR count). The molecule has 0 aliphatic heterocycles. The standard InChI is InChI=1S/C21H19N7S/c1-2-4-16(5-3-1)8-11-27-12-10-22-20(27)14-23-18-6-7-19-24-25-21(28(19)26-18)17-9-13-29-15-17/h1-7,9-10,12-13,15H,8,11,14H2,(H,23,26). The van der Waals surface area contributed by atoms with E-state index in [4.69, 9.17) is 0 Å². The van der Waals surface area contributed by atoms with Crippen LogP contribution in [0.1, 0.15) is 11.4 Å². The van der Waals surface area contributed by atoms with Crippen LogP contribution in [-0.2, 0) is 19.5 Å². The number of thiophene rings is 1. The molecule has 0 bridgehead atoms. The van der Waals surface area contributed by atoms with Crippen molar-refractivity contribution in [1.82, 2.24) is 29.4 Å². The molecule has 144 valence electrons. The second-order valence-corrected chi connectivity index (χ2v) is 7.43. The number of aryl methyl sites for hydroxylation is 2. The van der Waals surface area contributed by atoms with E-state index in [0.29, 0.717) is 6.54 Å². The molecule has 0 aliphatic carbocycles. The second kappa shape index (κ2) is 7.84. The van der Waals surface area contributed by atoms with E-state index in [0.717, 1.165) is 41.6 Å². The summed E-state index contributed by atoms with van der Waals surface area (Å²) in [4.78, 5) is 4.50. The van der Waals surface area contributed by atoms with Crippen LogP contribution >= 0.6 is 11.3 Å². The third-order valence-corrected chi connectivity index (χ3v) is 5.44. The van der Waals surface area contributed by atoms with Gasteiger partial charge in [0.05, 0.1) is 6.54 Å². The monoisotopic (exact) mass is 401 g/mol. The minimum absolute atomic E-state index is 0.593. The van der Waals surface area contributed by atoms with Crippen LogP contribution in [0.3, 0.4) is 0 Å². The normalized spacial score (nSPS) is 11.2. The lowest BCUT2D eigenvalue weighted by molar-refractivity contribution is 0.657. The molecule has 1 aromatic carbocycles. The number of anilines is 1. The molecule has 0 unspecified atom stereocenters. The lowest BCUT2D eigenvalue weighted by Crippen LogP contribution is -2.11. The van der Waals surface area contributed by atoms with Gasteiger partial charge in [0.2, 0.25) is 0 Å². The number of fused-ring (bicyclic) bond motifs is 1. The number of aromatic nitrogens is 6. The molecule has 8 heteroatoms. The number of benzene rings is 1. The van der Waals surface area contributed by atoms with Crippen LogP contribution in [-0.4, -0.2) is 29.4 Å². The molecule has 0 spiro atoms. The van der Waals surface area contributed by atoms with Crippen molar-refractivity contribution in [2.45, 2.75) is 19.5 Å². The molecule has 1 N–H and O–H groups in total. The Morgan fingerprint density at radius 1 is 1.00 bits per heavy atom. The summed E-state index contributed by atoms with van der Waals surface area (Å²) < 4.78 is 3.94. The van der Waals surface area contributed by atoms with Crippen LogP contribution in [0.2, 0.25) is 0 Å². The molecule has 0 atom stereocenters. The summed E-state index contributed by atoms with van der Waals surface area (Å²) in [5, 5.41) is 20.6. The zero-order valence-electron chi connectivity index (χ0n) is 15.6. The number of nitrogens with one attached hydrogen (secondary N) is 1. The molecule has 0 amide bonds. The van der Waals surface area contributed by atoms with Crippen molar-refractivity contribution in [2.75, 3.05) is 5.32 Å². The fourth-order valence-corrected chi connectivity index (χ4v) is 3.86. The van der Waals surface area contributed by atoms with Gasteiger partial charge < -0.3 is 9.88 Å². The summed E-state index contributed by atoms with van der Waals surface area (Å²) in [6, 6.07) is 16.3. The van der Waals surface area contributed by atoms with Gasteiger partial charge in [-0.1, -0.05) is 30.3 Å². The van der Waals surface area contributed by atoms with E-state index in [9.17, 15) is 0 Å². The molecule has 0 fully saturated rings. The van der Waals surface area contributed by atoms with E-state index in [1.54, 1.807) is 15.9 Å². The fraction of sp³-hybridized carbons (Fsp3) is 0.143. The van der Waals surface area contributed by atoms with Crippen molar-refractivity contribution in [1.29, 1.82) is 0 Å². The molecular formula is C21H19N7S. The number of hydrogen-bond donors (Lipinski definition) is 1. The highest BCUT2D eigenvalue weighted by molar-refractivity contribution is 7.08. The first-order valence-electron chi connectivity index (χ1n) is 9.40. The maximum Gasteiger partial charge on any atom is 0.186 e. The van der Waals surface area contributed by atoms with E-state index >= 15 is 0 Å². The van der Waals surface area contributed by atoms with Crippen molar-refractivity contribution in [3.8, 4) is 11.4 Å². The van der Waals surface area contributed by atoms with Gasteiger partial charge in [0.25, 0.3) is 0 Å². The third kappa shape index (κ3) is 3.74. The first-order valence-corrected chi connectivity index (χ1v) is 10.3. The van der Waals surface area contributed by atoms with Crippen molar-refractivity contribution in [3.05, 3.63) is 83.1 Å². The summed E-state index contributed by atoms with van der Waals surface area (Å²) in [5.41, 5.74) is 3.06. The zero-order valence-corrected chi connectivity index (χ0v) is 16.5. The van der Waals surface area contributed by atoms with Gasteiger partial charge in [-0.3, -0.25) is 0 Å². The Kier molecular flexibility index (Phi) is 4.75.